The fourth-order valence-corrected chi connectivity index (χ4v) is 3.39. The molecule has 0 aromatic carbocycles. The Hall–Kier alpha value is -1.02. The van der Waals surface area contributed by atoms with Crippen molar-refractivity contribution >= 4 is 23.1 Å². The van der Waals surface area contributed by atoms with Crippen LogP contribution in [-0.4, -0.2) is 19.4 Å². The molecule has 1 unspecified atom stereocenters. The first kappa shape index (κ1) is 16.4. The van der Waals surface area contributed by atoms with Crippen LogP contribution in [0.4, 0.5) is 0 Å². The predicted molar refractivity (Wildman–Crippen MR) is 85.4 cm³/mol. The maximum atomic E-state index is 6.33. The van der Waals surface area contributed by atoms with E-state index in [9.17, 15) is 0 Å². The summed E-state index contributed by atoms with van der Waals surface area (Å²) >= 11 is 7.66. The van der Waals surface area contributed by atoms with Gasteiger partial charge in [-0.2, -0.15) is 5.10 Å². The first-order valence-corrected chi connectivity index (χ1v) is 7.94. The van der Waals surface area contributed by atoms with E-state index in [1.807, 2.05) is 4.68 Å². The molecule has 2 aromatic heterocycles. The second kappa shape index (κ2) is 6.00. The second-order valence-electron chi connectivity index (χ2n) is 6.25. The number of aromatic nitrogens is 4. The lowest BCUT2D eigenvalue weighted by molar-refractivity contribution is 0.472. The van der Waals surface area contributed by atoms with Crippen LogP contribution >= 0.6 is 23.1 Å². The van der Waals surface area contributed by atoms with Gasteiger partial charge in [-0.25, -0.2) is 5.43 Å². The number of nitrogens with one attached hydrogen (secondary N) is 1. The van der Waals surface area contributed by atoms with Gasteiger partial charge in [-0.15, -0.1) is 5.10 Å². The van der Waals surface area contributed by atoms with Crippen LogP contribution < -0.4 is 11.3 Å². The number of halogens is 1. The van der Waals surface area contributed by atoms with Crippen LogP contribution in [0.5, 0.6) is 0 Å². The minimum absolute atomic E-state index is 0.118. The van der Waals surface area contributed by atoms with E-state index in [2.05, 4.69) is 54.7 Å². The maximum Gasteiger partial charge on any atom is 0.102 e. The molecule has 0 saturated carbocycles. The molecule has 0 aliphatic carbocycles. The fourth-order valence-electron chi connectivity index (χ4n) is 2.22. The lowest BCUT2D eigenvalue weighted by Crippen LogP contribution is -2.32. The molecule has 2 rings (SSSR count). The van der Waals surface area contributed by atoms with E-state index in [1.54, 1.807) is 6.20 Å². The molecule has 1 atom stereocenters. The van der Waals surface area contributed by atoms with Crippen molar-refractivity contribution in [3.8, 4) is 0 Å². The smallest absolute Gasteiger partial charge is 0.102 e. The molecule has 0 radical (unpaired) electrons. The summed E-state index contributed by atoms with van der Waals surface area (Å²) < 4.78 is 5.97. The fraction of sp³-hybridized carbons (Fsp3) is 0.615. The van der Waals surface area contributed by atoms with Crippen molar-refractivity contribution in [1.29, 1.82) is 0 Å². The van der Waals surface area contributed by atoms with Crippen LogP contribution in [0.15, 0.2) is 6.20 Å². The third kappa shape index (κ3) is 3.11. The predicted octanol–water partition coefficient (Wildman–Crippen LogP) is 2.82. The van der Waals surface area contributed by atoms with E-state index < -0.39 is 0 Å². The third-order valence-electron chi connectivity index (χ3n) is 3.20. The van der Waals surface area contributed by atoms with Crippen LogP contribution in [0.3, 0.4) is 0 Å². The summed E-state index contributed by atoms with van der Waals surface area (Å²) in [5.41, 5.74) is 4.48. The molecule has 0 bridgehead atoms. The number of hydrogen-bond donors (Lipinski definition) is 2. The monoisotopic (exact) mass is 328 g/mol. The molecule has 0 aliphatic heterocycles. The van der Waals surface area contributed by atoms with Gasteiger partial charge in [0.05, 0.1) is 27.5 Å². The standard InChI is InChI=1S/C13H21ClN6S/c1-7(2)20-10(8(14)6-16-20)9(17-15)11-12(13(3,4)5)18-19-21-11/h6-7,9,17H,15H2,1-5H3. The van der Waals surface area contributed by atoms with Gasteiger partial charge < -0.3 is 0 Å². The number of rotatable bonds is 4. The first-order chi connectivity index (χ1) is 9.77. The number of nitrogens with zero attached hydrogens (tertiary/aromatic N) is 4. The van der Waals surface area contributed by atoms with Gasteiger partial charge in [0.15, 0.2) is 0 Å². The van der Waals surface area contributed by atoms with Crippen molar-refractivity contribution in [2.75, 3.05) is 0 Å². The van der Waals surface area contributed by atoms with Crippen LogP contribution in [0.25, 0.3) is 0 Å². The van der Waals surface area contributed by atoms with Crippen LogP contribution in [0, 0.1) is 0 Å². The largest absolute Gasteiger partial charge is 0.270 e. The van der Waals surface area contributed by atoms with Gasteiger partial charge >= 0.3 is 0 Å². The second-order valence-corrected chi connectivity index (χ2v) is 7.44. The Morgan fingerprint density at radius 3 is 2.57 bits per heavy atom. The van der Waals surface area contributed by atoms with Gasteiger partial charge in [0.25, 0.3) is 0 Å². The van der Waals surface area contributed by atoms with Crippen molar-refractivity contribution in [3.63, 3.8) is 0 Å². The molecule has 2 aromatic rings. The molecule has 3 N–H and O–H groups in total. The molecule has 6 nitrogen and oxygen atoms in total. The highest BCUT2D eigenvalue weighted by Gasteiger charge is 2.31. The SMILES string of the molecule is CC(C)n1ncc(Cl)c1C(NN)c1snnc1C(C)(C)C. The normalized spacial score (nSPS) is 13.9. The molecule has 0 amide bonds. The molecular weight excluding hydrogens is 308 g/mol. The average molecular weight is 329 g/mol. The molecule has 116 valence electrons. The minimum Gasteiger partial charge on any atom is -0.270 e. The van der Waals surface area contributed by atoms with Crippen LogP contribution in [0.2, 0.25) is 5.02 Å². The Balaban J connectivity index is 2.56. The van der Waals surface area contributed by atoms with Gasteiger partial charge in [0, 0.05) is 11.5 Å². The van der Waals surface area contributed by atoms with Crippen molar-refractivity contribution in [3.05, 3.63) is 27.5 Å². The van der Waals surface area contributed by atoms with Crippen molar-refractivity contribution in [2.24, 2.45) is 5.84 Å². The summed E-state index contributed by atoms with van der Waals surface area (Å²) in [4.78, 5) is 0.967. The minimum atomic E-state index is -0.281. The summed E-state index contributed by atoms with van der Waals surface area (Å²) in [6.07, 6.45) is 1.65. The van der Waals surface area contributed by atoms with Gasteiger partial charge in [0.1, 0.15) is 6.04 Å². The van der Waals surface area contributed by atoms with E-state index in [4.69, 9.17) is 17.4 Å². The lowest BCUT2D eigenvalue weighted by Gasteiger charge is -2.23. The van der Waals surface area contributed by atoms with Crippen molar-refractivity contribution in [2.45, 2.75) is 52.1 Å². The molecule has 2 heterocycles. The van der Waals surface area contributed by atoms with Gasteiger partial charge in [-0.05, 0) is 25.4 Å². The molecule has 0 fully saturated rings. The summed E-state index contributed by atoms with van der Waals surface area (Å²) in [5, 5.41) is 9.19. The highest BCUT2D eigenvalue weighted by molar-refractivity contribution is 7.05. The summed E-state index contributed by atoms with van der Waals surface area (Å²) in [7, 11) is 0. The maximum absolute atomic E-state index is 6.33. The molecule has 0 aliphatic rings. The molecule has 0 spiro atoms. The first-order valence-electron chi connectivity index (χ1n) is 6.79. The zero-order valence-electron chi connectivity index (χ0n) is 12.9. The average Bonchev–Trinajstić information content (AvgIpc) is 2.98. The lowest BCUT2D eigenvalue weighted by atomic mass is 9.89. The van der Waals surface area contributed by atoms with Gasteiger partial charge in [-0.3, -0.25) is 10.5 Å². The Labute approximate surface area is 133 Å². The number of nitrogens with two attached hydrogens (primary N) is 1. The summed E-state index contributed by atoms with van der Waals surface area (Å²) in [5.74, 6) is 5.81. The Morgan fingerprint density at radius 2 is 2.05 bits per heavy atom. The van der Waals surface area contributed by atoms with Gasteiger partial charge in [0.2, 0.25) is 0 Å². The Bertz CT molecular complexity index is 612. The van der Waals surface area contributed by atoms with Gasteiger partial charge in [-0.1, -0.05) is 36.9 Å². The topological polar surface area (TPSA) is 81.7 Å². The zero-order valence-corrected chi connectivity index (χ0v) is 14.5. The highest BCUT2D eigenvalue weighted by atomic mass is 35.5. The van der Waals surface area contributed by atoms with E-state index in [-0.39, 0.29) is 17.5 Å². The third-order valence-corrected chi connectivity index (χ3v) is 4.28. The van der Waals surface area contributed by atoms with Crippen LogP contribution in [-0.2, 0) is 5.41 Å². The Morgan fingerprint density at radius 1 is 1.38 bits per heavy atom. The van der Waals surface area contributed by atoms with Crippen molar-refractivity contribution < 1.29 is 0 Å². The van der Waals surface area contributed by atoms with Crippen molar-refractivity contribution in [1.82, 2.24) is 24.8 Å². The molecule has 8 heteroatoms. The molecular formula is C13H21ClN6S. The number of hydrazine groups is 1. The summed E-state index contributed by atoms with van der Waals surface area (Å²) in [6, 6.07) is -0.0982. The van der Waals surface area contributed by atoms with Crippen LogP contribution in [0.1, 0.15) is 63.0 Å². The van der Waals surface area contributed by atoms with E-state index >= 15 is 0 Å². The molecule has 21 heavy (non-hydrogen) atoms. The van der Waals surface area contributed by atoms with E-state index in [0.29, 0.717) is 5.02 Å². The summed E-state index contributed by atoms with van der Waals surface area (Å²) in [6.45, 7) is 10.4. The highest BCUT2D eigenvalue weighted by Crippen LogP contribution is 2.36. The quantitative estimate of drug-likeness (QED) is 0.666. The van der Waals surface area contributed by atoms with E-state index in [1.165, 1.54) is 11.5 Å². The molecule has 0 saturated heterocycles. The zero-order chi connectivity index (χ0) is 15.8. The number of hydrogen-bond acceptors (Lipinski definition) is 6. The van der Waals surface area contributed by atoms with E-state index in [0.717, 1.165) is 16.3 Å². The Kier molecular flexibility index (Phi) is 4.67.